The maximum absolute atomic E-state index is 8.81. The molecule has 7 heteroatoms. The molecule has 0 aromatic heterocycles. The van der Waals surface area contributed by atoms with E-state index < -0.39 is 18.6 Å². The molecule has 0 spiro atoms. The van der Waals surface area contributed by atoms with Gasteiger partial charge in [0.05, 0.1) is 0 Å². The summed E-state index contributed by atoms with van der Waals surface area (Å²) in [6.45, 7) is 0. The third kappa shape index (κ3) is 42.1. The molecule has 0 aliphatic carbocycles. The molecular weight excluding hydrogens is 443 g/mol. The van der Waals surface area contributed by atoms with Gasteiger partial charge in [-0.15, -0.1) is 0 Å². The third-order valence-corrected chi connectivity index (χ3v) is 0. The predicted molar refractivity (Wildman–Crippen MR) is 21.6 cm³/mol. The topological polar surface area (TPSA) is 57.5 Å². The van der Waals surface area contributed by atoms with Gasteiger partial charge in [-0.3, -0.25) is 0 Å². The van der Waals surface area contributed by atoms with Crippen LogP contribution in [-0.2, 0) is 48.1 Å². The molecule has 0 heterocycles. The summed E-state index contributed by atoms with van der Waals surface area (Å²) in [5, 5.41) is 0. The Morgan fingerprint density at radius 1 is 1.43 bits per heavy atom. The molecular formula is H6BaO3SnTiZr. The van der Waals surface area contributed by atoms with Crippen molar-refractivity contribution in [2.75, 3.05) is 0 Å². The SMILES string of the molecule is [Ba+2].[H-].[H-].[O]=[Ti]([OH])[OH].[SnH2].[Zr]. The van der Waals surface area contributed by atoms with E-state index in [0.717, 1.165) is 0 Å². The van der Waals surface area contributed by atoms with Crippen molar-refractivity contribution in [3.8, 4) is 0 Å². The first-order valence-corrected chi connectivity index (χ1v) is 2.69. The molecule has 0 aliphatic rings. The molecule has 0 saturated heterocycles. The van der Waals surface area contributed by atoms with E-state index in [9.17, 15) is 0 Å². The third-order valence-electron chi connectivity index (χ3n) is 0. The molecule has 3 nitrogen and oxygen atoms in total. The molecule has 0 rings (SSSR count). The Kier molecular flexibility index (Phi) is 52.4. The molecule has 2 N–H and O–H groups in total. The van der Waals surface area contributed by atoms with E-state index in [0.29, 0.717) is 0 Å². The van der Waals surface area contributed by atoms with Crippen molar-refractivity contribution >= 4 is 72.8 Å². The van der Waals surface area contributed by atoms with Crippen LogP contribution in [0.1, 0.15) is 2.85 Å². The van der Waals surface area contributed by atoms with Gasteiger partial charge in [0.2, 0.25) is 0 Å². The Bertz CT molecular complexity index is 44.8. The molecule has 2 radical (unpaired) electrons. The van der Waals surface area contributed by atoms with E-state index in [1.54, 1.807) is 0 Å². The second-order valence-corrected chi connectivity index (χ2v) is 1.17. The summed E-state index contributed by atoms with van der Waals surface area (Å²) in [6, 6.07) is 0. The first-order valence-electron chi connectivity index (χ1n) is 0.651. The van der Waals surface area contributed by atoms with Crippen LogP contribution in [0, 0.1) is 0 Å². The van der Waals surface area contributed by atoms with Gasteiger partial charge < -0.3 is 2.85 Å². The van der Waals surface area contributed by atoms with Crippen LogP contribution < -0.4 is 0 Å². The zero-order chi connectivity index (χ0) is 3.58. The molecule has 0 aromatic carbocycles. The molecule has 7 heavy (non-hydrogen) atoms. The molecule has 0 saturated carbocycles. The molecule has 0 aromatic rings. The van der Waals surface area contributed by atoms with Crippen molar-refractivity contribution < 1.29 is 58.4 Å². The summed E-state index contributed by atoms with van der Waals surface area (Å²) >= 11 is -3.58. The van der Waals surface area contributed by atoms with Gasteiger partial charge in [-0.1, -0.05) is 0 Å². The second-order valence-electron chi connectivity index (χ2n) is 0.283. The van der Waals surface area contributed by atoms with Crippen molar-refractivity contribution in [1.29, 1.82) is 0 Å². The van der Waals surface area contributed by atoms with Crippen molar-refractivity contribution in [2.24, 2.45) is 0 Å². The van der Waals surface area contributed by atoms with Crippen LogP contribution >= 0.6 is 0 Å². The summed E-state index contributed by atoms with van der Waals surface area (Å²) in [7, 11) is 0. The number of hydrogen-bond acceptors (Lipinski definition) is 1. The monoisotopic (exact) mass is 450 g/mol. The fourth-order valence-electron chi connectivity index (χ4n) is 0. The van der Waals surface area contributed by atoms with Gasteiger partial charge >= 0.3 is 102 Å². The van der Waals surface area contributed by atoms with E-state index in [4.69, 9.17) is 10.7 Å². The summed E-state index contributed by atoms with van der Waals surface area (Å²) < 4.78 is 23.2. The quantitative estimate of drug-likeness (QED) is 0.409. The first kappa shape index (κ1) is 22.4. The molecule has 0 aliphatic heterocycles. The Labute approximate surface area is 128 Å². The van der Waals surface area contributed by atoms with E-state index in [-0.39, 0.29) is 102 Å². The average Bonchev–Trinajstić information content (AvgIpc) is 0.811. The van der Waals surface area contributed by atoms with E-state index in [1.807, 2.05) is 0 Å². The predicted octanol–water partition coefficient (Wildman–Crippen LogP) is -2.31. The Morgan fingerprint density at radius 2 is 1.43 bits per heavy atom. The first-order chi connectivity index (χ1) is 1.73. The van der Waals surface area contributed by atoms with Crippen LogP contribution in [0.15, 0.2) is 0 Å². The van der Waals surface area contributed by atoms with Gasteiger partial charge in [0.15, 0.2) is 0 Å². The van der Waals surface area contributed by atoms with Crippen LogP contribution in [0.2, 0.25) is 0 Å². The van der Waals surface area contributed by atoms with Crippen molar-refractivity contribution in [3.05, 3.63) is 0 Å². The van der Waals surface area contributed by atoms with Crippen LogP contribution in [-0.4, -0.2) is 80.2 Å². The fourth-order valence-corrected chi connectivity index (χ4v) is 0. The van der Waals surface area contributed by atoms with Crippen LogP contribution in [0.5, 0.6) is 0 Å². The van der Waals surface area contributed by atoms with Gasteiger partial charge in [0.25, 0.3) is 0 Å². The normalized spacial score (nSPS) is 3.71. The zero-order valence-corrected chi connectivity index (χ0v) is 16.2. The molecule has 0 bridgehead atoms. The van der Waals surface area contributed by atoms with Crippen LogP contribution in [0.4, 0.5) is 0 Å². The Morgan fingerprint density at radius 3 is 1.43 bits per heavy atom. The van der Waals surface area contributed by atoms with Crippen LogP contribution in [0.25, 0.3) is 0 Å². The van der Waals surface area contributed by atoms with E-state index in [2.05, 4.69) is 0 Å². The summed E-state index contributed by atoms with van der Waals surface area (Å²) in [4.78, 5) is 0. The van der Waals surface area contributed by atoms with E-state index in [1.165, 1.54) is 0 Å². The minimum absolute atomic E-state index is 0. The standard InChI is InChI=1S/Ba.2H2O.O.Sn.Ti.Zr.4H/h;2*1H2;;;;;;;;/q+2;;;;;+2;;;;2*-1/p-2. The minimum atomic E-state index is -3.58. The second kappa shape index (κ2) is 16.3. The van der Waals surface area contributed by atoms with Crippen molar-refractivity contribution in [3.63, 3.8) is 0 Å². The van der Waals surface area contributed by atoms with Gasteiger partial charge in [0, 0.05) is 26.2 Å². The number of hydrogen-bond donors (Lipinski definition) is 2. The molecule has 0 amide bonds. The van der Waals surface area contributed by atoms with Crippen molar-refractivity contribution in [1.82, 2.24) is 0 Å². The zero-order valence-electron chi connectivity index (χ0n) is 5.72. The molecule has 38 valence electrons. The van der Waals surface area contributed by atoms with Gasteiger partial charge in [-0.25, -0.2) is 0 Å². The Hall–Kier alpha value is 3.69. The Balaban J connectivity index is -0.00000000450. The summed E-state index contributed by atoms with van der Waals surface area (Å²) in [5.74, 6) is 0. The maximum Gasteiger partial charge on any atom is 0 e. The number of rotatable bonds is 0. The fraction of sp³-hybridized carbons (Fsp3) is 0. The van der Waals surface area contributed by atoms with E-state index >= 15 is 0 Å². The molecule has 0 unspecified atom stereocenters. The summed E-state index contributed by atoms with van der Waals surface area (Å²) in [6.07, 6.45) is 0. The summed E-state index contributed by atoms with van der Waals surface area (Å²) in [5.41, 5.74) is 0. The van der Waals surface area contributed by atoms with Gasteiger partial charge in [-0.2, -0.15) is 0 Å². The maximum atomic E-state index is 8.81. The smallest absolute Gasteiger partial charge is 0 e. The van der Waals surface area contributed by atoms with Crippen molar-refractivity contribution in [2.45, 2.75) is 0 Å². The van der Waals surface area contributed by atoms with Gasteiger partial charge in [-0.05, 0) is 0 Å². The molecule has 0 atom stereocenters. The average molecular weight is 449 g/mol. The molecule has 0 fully saturated rings. The largest absolute Gasteiger partial charge is 0 e. The van der Waals surface area contributed by atoms with Gasteiger partial charge in [0.1, 0.15) is 0 Å². The minimum Gasteiger partial charge on any atom is 0 e. The van der Waals surface area contributed by atoms with Crippen LogP contribution in [0.3, 0.4) is 0 Å².